The summed E-state index contributed by atoms with van der Waals surface area (Å²) in [5.41, 5.74) is 0. The summed E-state index contributed by atoms with van der Waals surface area (Å²) in [4.78, 5) is 39.8. The van der Waals surface area contributed by atoms with Gasteiger partial charge in [-0.05, 0) is 48.9 Å². The van der Waals surface area contributed by atoms with E-state index < -0.39 is 11.1 Å². The van der Waals surface area contributed by atoms with Crippen LogP contribution < -0.4 is 0 Å². The SMILES string of the molecule is CCCN(CCC)C(=O)CN1C(=O)S/C(=C\C=C\c2ccco2)C1=O. The van der Waals surface area contributed by atoms with E-state index in [1.807, 2.05) is 13.8 Å². The molecule has 0 unspecified atom stereocenters. The summed E-state index contributed by atoms with van der Waals surface area (Å²) in [7, 11) is 0. The second-order valence-corrected chi connectivity index (χ2v) is 6.54. The molecule has 0 N–H and O–H groups in total. The molecule has 0 radical (unpaired) electrons. The number of nitrogens with zero attached hydrogens (tertiary/aromatic N) is 2. The molecule has 1 aromatic rings. The van der Waals surface area contributed by atoms with Crippen LogP contribution in [0.2, 0.25) is 0 Å². The number of carbonyl (C=O) groups is 3. The number of carbonyl (C=O) groups excluding carboxylic acids is 3. The van der Waals surface area contributed by atoms with Gasteiger partial charge in [-0.15, -0.1) is 0 Å². The Morgan fingerprint density at radius 1 is 1.28 bits per heavy atom. The molecule has 7 heteroatoms. The largest absolute Gasteiger partial charge is 0.465 e. The van der Waals surface area contributed by atoms with Crippen molar-refractivity contribution in [1.29, 1.82) is 0 Å². The van der Waals surface area contributed by atoms with E-state index in [4.69, 9.17) is 4.42 Å². The molecular formula is C18H22N2O4S. The summed E-state index contributed by atoms with van der Waals surface area (Å²) < 4.78 is 5.16. The van der Waals surface area contributed by atoms with Gasteiger partial charge in [-0.1, -0.05) is 19.9 Å². The van der Waals surface area contributed by atoms with E-state index in [9.17, 15) is 14.4 Å². The van der Waals surface area contributed by atoms with Gasteiger partial charge in [0.2, 0.25) is 5.91 Å². The average molecular weight is 362 g/mol. The summed E-state index contributed by atoms with van der Waals surface area (Å²) in [6.45, 7) is 5.04. The molecule has 2 heterocycles. The molecule has 0 saturated carbocycles. The number of allylic oxidation sites excluding steroid dienone is 2. The third-order valence-corrected chi connectivity index (χ3v) is 4.48. The van der Waals surface area contributed by atoms with Crippen LogP contribution >= 0.6 is 11.8 Å². The predicted octanol–water partition coefficient (Wildman–Crippen LogP) is 3.52. The first-order valence-electron chi connectivity index (χ1n) is 8.30. The van der Waals surface area contributed by atoms with Crippen LogP contribution in [0.5, 0.6) is 0 Å². The lowest BCUT2D eigenvalue weighted by Crippen LogP contribution is -2.42. The Labute approximate surface area is 151 Å². The fourth-order valence-corrected chi connectivity index (χ4v) is 3.19. The normalized spacial score (nSPS) is 16.4. The van der Waals surface area contributed by atoms with Gasteiger partial charge in [0.1, 0.15) is 12.3 Å². The van der Waals surface area contributed by atoms with E-state index >= 15 is 0 Å². The van der Waals surface area contributed by atoms with Crippen molar-refractivity contribution in [3.63, 3.8) is 0 Å². The summed E-state index contributed by atoms with van der Waals surface area (Å²) in [6.07, 6.45) is 8.14. The van der Waals surface area contributed by atoms with Crippen molar-refractivity contribution < 1.29 is 18.8 Å². The van der Waals surface area contributed by atoms with E-state index in [2.05, 4.69) is 0 Å². The first-order chi connectivity index (χ1) is 12.1. The van der Waals surface area contributed by atoms with Crippen molar-refractivity contribution in [2.75, 3.05) is 19.6 Å². The Morgan fingerprint density at radius 2 is 2.00 bits per heavy atom. The molecule has 2 rings (SSSR count). The lowest BCUT2D eigenvalue weighted by atomic mass is 10.3. The molecule has 0 bridgehead atoms. The second-order valence-electron chi connectivity index (χ2n) is 5.55. The third-order valence-electron chi connectivity index (χ3n) is 3.56. The average Bonchev–Trinajstić information content (AvgIpc) is 3.19. The number of furan rings is 1. The minimum absolute atomic E-state index is 0.196. The molecule has 1 saturated heterocycles. The van der Waals surface area contributed by atoms with Crippen LogP contribution in [0.25, 0.3) is 6.08 Å². The Balaban J connectivity index is 2.01. The van der Waals surface area contributed by atoms with Crippen LogP contribution in [0, 0.1) is 0 Å². The van der Waals surface area contributed by atoms with Gasteiger partial charge in [0.05, 0.1) is 11.2 Å². The van der Waals surface area contributed by atoms with Crippen molar-refractivity contribution in [3.05, 3.63) is 41.2 Å². The molecule has 0 atom stereocenters. The van der Waals surface area contributed by atoms with E-state index in [-0.39, 0.29) is 12.5 Å². The lowest BCUT2D eigenvalue weighted by Gasteiger charge is -2.23. The first kappa shape index (κ1) is 19.1. The molecule has 0 spiro atoms. The van der Waals surface area contributed by atoms with Crippen molar-refractivity contribution in [1.82, 2.24) is 9.80 Å². The number of hydrogen-bond donors (Lipinski definition) is 0. The summed E-state index contributed by atoms with van der Waals surface area (Å²) in [6, 6.07) is 3.54. The lowest BCUT2D eigenvalue weighted by molar-refractivity contribution is -0.135. The Hall–Kier alpha value is -2.28. The van der Waals surface area contributed by atoms with Crippen LogP contribution in [0.15, 0.2) is 39.9 Å². The van der Waals surface area contributed by atoms with Crippen molar-refractivity contribution in [2.24, 2.45) is 0 Å². The number of imide groups is 1. The quantitative estimate of drug-likeness (QED) is 0.662. The zero-order valence-corrected chi connectivity index (χ0v) is 15.3. The Kier molecular flexibility index (Phi) is 7.06. The Morgan fingerprint density at radius 3 is 2.60 bits per heavy atom. The van der Waals surface area contributed by atoms with Crippen LogP contribution in [0.1, 0.15) is 32.4 Å². The Bertz CT molecular complexity index is 673. The maximum atomic E-state index is 12.4. The maximum absolute atomic E-state index is 12.4. The van der Waals surface area contributed by atoms with E-state index in [1.165, 1.54) is 0 Å². The highest BCUT2D eigenvalue weighted by atomic mass is 32.2. The molecule has 0 aromatic carbocycles. The topological polar surface area (TPSA) is 70.8 Å². The number of thioether (sulfide) groups is 1. The van der Waals surface area contributed by atoms with Gasteiger partial charge in [0.25, 0.3) is 11.1 Å². The van der Waals surface area contributed by atoms with E-state index in [1.54, 1.807) is 41.5 Å². The first-order valence-corrected chi connectivity index (χ1v) is 9.11. The van der Waals surface area contributed by atoms with Gasteiger partial charge in [-0.3, -0.25) is 19.3 Å². The molecule has 0 aliphatic carbocycles. The minimum Gasteiger partial charge on any atom is -0.465 e. The zero-order chi connectivity index (χ0) is 18.2. The maximum Gasteiger partial charge on any atom is 0.294 e. The number of amides is 3. The monoisotopic (exact) mass is 362 g/mol. The molecule has 134 valence electrons. The standard InChI is InChI=1S/C18H22N2O4S/c1-3-10-19(11-4-2)16(21)13-20-17(22)15(25-18(20)23)9-5-7-14-8-6-12-24-14/h5-9,12H,3-4,10-11,13H2,1-2H3/b7-5+,15-9-. The highest BCUT2D eigenvalue weighted by molar-refractivity contribution is 8.18. The smallest absolute Gasteiger partial charge is 0.294 e. The van der Waals surface area contributed by atoms with Gasteiger partial charge >= 0.3 is 0 Å². The summed E-state index contributed by atoms with van der Waals surface area (Å²) >= 11 is 0.845. The number of hydrogen-bond acceptors (Lipinski definition) is 5. The molecular weight excluding hydrogens is 340 g/mol. The third kappa shape index (κ3) is 5.09. The molecule has 1 aliphatic heterocycles. The van der Waals surface area contributed by atoms with Gasteiger partial charge in [-0.2, -0.15) is 0 Å². The van der Waals surface area contributed by atoms with Crippen molar-refractivity contribution in [2.45, 2.75) is 26.7 Å². The fraction of sp³-hybridized carbons (Fsp3) is 0.389. The van der Waals surface area contributed by atoms with Crippen LogP contribution in [0.3, 0.4) is 0 Å². The van der Waals surface area contributed by atoms with E-state index in [0.717, 1.165) is 29.5 Å². The molecule has 25 heavy (non-hydrogen) atoms. The summed E-state index contributed by atoms with van der Waals surface area (Å²) in [5, 5.41) is -0.413. The fourth-order valence-electron chi connectivity index (χ4n) is 2.40. The molecule has 6 nitrogen and oxygen atoms in total. The van der Waals surface area contributed by atoms with Gasteiger partial charge in [0.15, 0.2) is 0 Å². The van der Waals surface area contributed by atoms with Crippen LogP contribution in [-0.4, -0.2) is 46.5 Å². The molecule has 1 aliphatic rings. The molecule has 1 fully saturated rings. The highest BCUT2D eigenvalue weighted by Gasteiger charge is 2.36. The van der Waals surface area contributed by atoms with Crippen LogP contribution in [-0.2, 0) is 9.59 Å². The van der Waals surface area contributed by atoms with Gasteiger partial charge < -0.3 is 9.32 Å². The van der Waals surface area contributed by atoms with Crippen LogP contribution in [0.4, 0.5) is 4.79 Å². The predicted molar refractivity (Wildman–Crippen MR) is 97.7 cm³/mol. The van der Waals surface area contributed by atoms with Gasteiger partial charge in [0, 0.05) is 13.1 Å². The number of rotatable bonds is 8. The zero-order valence-electron chi connectivity index (χ0n) is 14.4. The summed E-state index contributed by atoms with van der Waals surface area (Å²) in [5.74, 6) is 0.0270. The molecule has 1 aromatic heterocycles. The van der Waals surface area contributed by atoms with Crippen molar-refractivity contribution >= 4 is 34.9 Å². The van der Waals surface area contributed by atoms with Gasteiger partial charge in [-0.25, -0.2) is 0 Å². The van der Waals surface area contributed by atoms with E-state index in [0.29, 0.717) is 23.8 Å². The highest BCUT2D eigenvalue weighted by Crippen LogP contribution is 2.30. The molecule has 3 amide bonds. The minimum atomic E-state index is -0.430. The van der Waals surface area contributed by atoms with Crippen molar-refractivity contribution in [3.8, 4) is 0 Å². The second kappa shape index (κ2) is 9.27.